The van der Waals surface area contributed by atoms with Crippen molar-refractivity contribution in [3.8, 4) is 0 Å². The summed E-state index contributed by atoms with van der Waals surface area (Å²) in [5.74, 6) is -1.77. The minimum absolute atomic E-state index is 0.107. The molecule has 2 N–H and O–H groups in total. The number of hydrogen-bond donors (Lipinski definition) is 2. The fourth-order valence-electron chi connectivity index (χ4n) is 2.99. The largest absolute Gasteiger partial charge is 0.481 e. The van der Waals surface area contributed by atoms with Gasteiger partial charge in [-0.1, -0.05) is 48.0 Å². The Morgan fingerprint density at radius 3 is 2.17 bits per heavy atom. The lowest BCUT2D eigenvalue weighted by molar-refractivity contribution is -0.141. The quantitative estimate of drug-likeness (QED) is 0.856. The van der Waals surface area contributed by atoms with E-state index in [1.54, 1.807) is 0 Å². The number of hydrogen-bond acceptors (Lipinski definition) is 2. The maximum absolute atomic E-state index is 12.5. The average Bonchev–Trinajstić information content (AvgIpc) is 2.51. The minimum Gasteiger partial charge on any atom is -0.481 e. The Morgan fingerprint density at radius 1 is 1.04 bits per heavy atom. The second-order valence-electron chi connectivity index (χ2n) is 6.21. The van der Waals surface area contributed by atoms with Gasteiger partial charge < -0.3 is 10.4 Å². The van der Waals surface area contributed by atoms with Gasteiger partial charge in [0.1, 0.15) is 0 Å². The van der Waals surface area contributed by atoms with E-state index >= 15 is 0 Å². The second kappa shape index (κ2) is 7.77. The highest BCUT2D eigenvalue weighted by atomic mass is 16.4. The van der Waals surface area contributed by atoms with Crippen molar-refractivity contribution in [3.63, 3.8) is 0 Å². The Balaban J connectivity index is 2.07. The molecule has 0 fully saturated rings. The van der Waals surface area contributed by atoms with Gasteiger partial charge in [0.15, 0.2) is 0 Å². The van der Waals surface area contributed by atoms with Gasteiger partial charge in [0.25, 0.3) is 5.91 Å². The van der Waals surface area contributed by atoms with Crippen LogP contribution in [0.3, 0.4) is 0 Å². The monoisotopic (exact) mass is 325 g/mol. The molecule has 4 nitrogen and oxygen atoms in total. The summed E-state index contributed by atoms with van der Waals surface area (Å²) in [5, 5.41) is 12.2. The van der Waals surface area contributed by atoms with Gasteiger partial charge in [-0.05, 0) is 43.9 Å². The van der Waals surface area contributed by atoms with Crippen molar-refractivity contribution in [2.45, 2.75) is 27.2 Å². The molecule has 0 aliphatic rings. The number of nitrogens with one attached hydrogen (secondary N) is 1. The van der Waals surface area contributed by atoms with E-state index in [0.29, 0.717) is 12.0 Å². The first kappa shape index (κ1) is 17.7. The molecular formula is C20H23NO3. The Hall–Kier alpha value is -2.62. The first-order chi connectivity index (χ1) is 11.4. The topological polar surface area (TPSA) is 66.4 Å². The van der Waals surface area contributed by atoms with Crippen LogP contribution in [0.25, 0.3) is 0 Å². The van der Waals surface area contributed by atoms with Crippen LogP contribution < -0.4 is 5.32 Å². The molecule has 4 heteroatoms. The van der Waals surface area contributed by atoms with E-state index in [9.17, 15) is 14.7 Å². The molecule has 1 atom stereocenters. The summed E-state index contributed by atoms with van der Waals surface area (Å²) in [6, 6.07) is 13.4. The molecule has 2 aromatic carbocycles. The summed E-state index contributed by atoms with van der Waals surface area (Å²) in [4.78, 5) is 24.0. The fraction of sp³-hybridized carbons (Fsp3) is 0.300. The number of carboxylic acid groups (broad SMARTS) is 1. The lowest BCUT2D eigenvalue weighted by Gasteiger charge is -2.16. The van der Waals surface area contributed by atoms with Crippen LogP contribution in [0.2, 0.25) is 0 Å². The summed E-state index contributed by atoms with van der Waals surface area (Å²) in [6.07, 6.45) is 0.391. The van der Waals surface area contributed by atoms with Crippen molar-refractivity contribution in [1.29, 1.82) is 0 Å². The van der Waals surface area contributed by atoms with Crippen LogP contribution >= 0.6 is 0 Å². The summed E-state index contributed by atoms with van der Waals surface area (Å²) in [7, 11) is 0. The first-order valence-electron chi connectivity index (χ1n) is 8.01. The van der Waals surface area contributed by atoms with Gasteiger partial charge in [-0.25, -0.2) is 0 Å². The molecule has 126 valence electrons. The zero-order valence-corrected chi connectivity index (χ0v) is 14.3. The van der Waals surface area contributed by atoms with Gasteiger partial charge in [0, 0.05) is 12.1 Å². The zero-order chi connectivity index (χ0) is 17.7. The maximum Gasteiger partial charge on any atom is 0.308 e. The molecule has 24 heavy (non-hydrogen) atoms. The van der Waals surface area contributed by atoms with E-state index in [-0.39, 0.29) is 12.5 Å². The van der Waals surface area contributed by atoms with Crippen molar-refractivity contribution in [2.24, 2.45) is 5.92 Å². The lowest BCUT2D eigenvalue weighted by Crippen LogP contribution is -2.34. The Morgan fingerprint density at radius 2 is 1.62 bits per heavy atom. The normalized spacial score (nSPS) is 11.8. The highest BCUT2D eigenvalue weighted by Crippen LogP contribution is 2.16. The lowest BCUT2D eigenvalue weighted by atomic mass is 9.97. The molecule has 0 aliphatic heterocycles. The Kier molecular flexibility index (Phi) is 5.74. The predicted molar refractivity (Wildman–Crippen MR) is 94.3 cm³/mol. The molecule has 0 spiro atoms. The second-order valence-corrected chi connectivity index (χ2v) is 6.21. The van der Waals surface area contributed by atoms with Crippen molar-refractivity contribution < 1.29 is 14.7 Å². The summed E-state index contributed by atoms with van der Waals surface area (Å²) in [6.45, 7) is 5.89. The number of carboxylic acids is 1. The van der Waals surface area contributed by atoms with Crippen molar-refractivity contribution in [2.75, 3.05) is 6.54 Å². The summed E-state index contributed by atoms with van der Waals surface area (Å²) in [5.41, 5.74) is 4.49. The number of aryl methyl sites for hydroxylation is 3. The van der Waals surface area contributed by atoms with E-state index in [2.05, 4.69) is 5.32 Å². The molecule has 0 aromatic heterocycles. The van der Waals surface area contributed by atoms with Gasteiger partial charge in [0.05, 0.1) is 5.92 Å². The third-order valence-corrected chi connectivity index (χ3v) is 4.09. The van der Waals surface area contributed by atoms with E-state index < -0.39 is 11.9 Å². The van der Waals surface area contributed by atoms with Crippen molar-refractivity contribution >= 4 is 11.9 Å². The van der Waals surface area contributed by atoms with Gasteiger partial charge >= 0.3 is 5.97 Å². The minimum atomic E-state index is -0.906. The molecule has 0 bridgehead atoms. The summed E-state index contributed by atoms with van der Waals surface area (Å²) < 4.78 is 0. The third kappa shape index (κ3) is 4.44. The van der Waals surface area contributed by atoms with E-state index in [1.165, 1.54) is 0 Å². The molecule has 0 saturated carbocycles. The number of carbonyl (C=O) groups is 2. The SMILES string of the molecule is Cc1cc(C)c(C(=O)NCC(Cc2ccccc2)C(=O)O)c(C)c1. The Bertz CT molecular complexity index is 715. The standard InChI is InChI=1S/C20H23NO3/c1-13-9-14(2)18(15(3)10-13)19(22)21-12-17(20(23)24)11-16-7-5-4-6-8-16/h4-10,17H,11-12H2,1-3H3,(H,21,22)(H,23,24). The number of amides is 1. The molecule has 1 unspecified atom stereocenters. The first-order valence-corrected chi connectivity index (χ1v) is 8.01. The van der Waals surface area contributed by atoms with Crippen LogP contribution in [0.4, 0.5) is 0 Å². The number of aliphatic carboxylic acids is 1. The zero-order valence-electron chi connectivity index (χ0n) is 14.3. The van der Waals surface area contributed by atoms with Gasteiger partial charge in [-0.3, -0.25) is 9.59 Å². The highest BCUT2D eigenvalue weighted by molar-refractivity contribution is 5.97. The Labute approximate surface area is 142 Å². The number of rotatable bonds is 6. The highest BCUT2D eigenvalue weighted by Gasteiger charge is 2.20. The summed E-state index contributed by atoms with van der Waals surface area (Å²) >= 11 is 0. The third-order valence-electron chi connectivity index (χ3n) is 4.09. The predicted octanol–water partition coefficient (Wildman–Crippen LogP) is 3.29. The number of benzene rings is 2. The van der Waals surface area contributed by atoms with Gasteiger partial charge in [0.2, 0.25) is 0 Å². The molecule has 2 aromatic rings. The smallest absolute Gasteiger partial charge is 0.308 e. The van der Waals surface area contributed by atoms with Crippen LogP contribution in [0.1, 0.15) is 32.6 Å². The van der Waals surface area contributed by atoms with Crippen LogP contribution in [0.5, 0.6) is 0 Å². The van der Waals surface area contributed by atoms with Gasteiger partial charge in [-0.2, -0.15) is 0 Å². The molecule has 2 rings (SSSR count). The molecule has 0 saturated heterocycles. The average molecular weight is 325 g/mol. The van der Waals surface area contributed by atoms with Crippen LogP contribution in [0, 0.1) is 26.7 Å². The van der Waals surface area contributed by atoms with E-state index in [1.807, 2.05) is 63.2 Å². The van der Waals surface area contributed by atoms with Crippen LogP contribution in [-0.2, 0) is 11.2 Å². The van der Waals surface area contributed by atoms with E-state index in [0.717, 1.165) is 22.3 Å². The molecule has 0 radical (unpaired) electrons. The van der Waals surface area contributed by atoms with Gasteiger partial charge in [-0.15, -0.1) is 0 Å². The maximum atomic E-state index is 12.5. The van der Waals surface area contributed by atoms with Crippen LogP contribution in [0.15, 0.2) is 42.5 Å². The molecule has 0 heterocycles. The molecular weight excluding hydrogens is 302 g/mol. The molecule has 0 aliphatic carbocycles. The van der Waals surface area contributed by atoms with Crippen molar-refractivity contribution in [3.05, 3.63) is 70.3 Å². The molecule has 1 amide bonds. The van der Waals surface area contributed by atoms with Crippen molar-refractivity contribution in [1.82, 2.24) is 5.32 Å². The van der Waals surface area contributed by atoms with Crippen LogP contribution in [-0.4, -0.2) is 23.5 Å². The van der Waals surface area contributed by atoms with E-state index in [4.69, 9.17) is 0 Å². The number of carbonyl (C=O) groups excluding carboxylic acids is 1. The fourth-order valence-corrected chi connectivity index (χ4v) is 2.99.